The number of hydrogen-bond acceptors (Lipinski definition) is 3. The number of fused-ring (bicyclic) bond motifs is 1. The molecule has 0 saturated heterocycles. The molecule has 0 unspecified atom stereocenters. The quantitative estimate of drug-likeness (QED) is 0.459. The molecular weight excluding hydrogens is 398 g/mol. The molecule has 3 aromatic rings. The molecule has 6 heteroatoms. The van der Waals surface area contributed by atoms with E-state index < -0.39 is 0 Å². The second-order valence-corrected chi connectivity index (χ2v) is 5.97. The predicted molar refractivity (Wildman–Crippen MR) is 86.6 cm³/mol. The molecule has 96 valence electrons. The average Bonchev–Trinajstić information content (AvgIpc) is 2.76. The third-order valence-corrected chi connectivity index (χ3v) is 4.57. The van der Waals surface area contributed by atoms with E-state index >= 15 is 0 Å². The van der Waals surface area contributed by atoms with Gasteiger partial charge in [-0.05, 0) is 46.9 Å². The number of nitrogens with two attached hydrogens (primary N) is 1. The van der Waals surface area contributed by atoms with Crippen LogP contribution in [0.25, 0.3) is 22.6 Å². The molecule has 3 nitrogen and oxygen atoms in total. The van der Waals surface area contributed by atoms with E-state index in [0.717, 1.165) is 9.13 Å². The van der Waals surface area contributed by atoms with E-state index in [9.17, 15) is 0 Å². The highest BCUT2D eigenvalue weighted by atomic mass is 127. The molecule has 0 fully saturated rings. The highest BCUT2D eigenvalue weighted by Gasteiger charge is 2.11. The lowest BCUT2D eigenvalue weighted by Gasteiger charge is -1.98. The van der Waals surface area contributed by atoms with E-state index in [-0.39, 0.29) is 0 Å². The van der Waals surface area contributed by atoms with Gasteiger partial charge in [0.1, 0.15) is 5.52 Å². The van der Waals surface area contributed by atoms with Crippen molar-refractivity contribution in [3.63, 3.8) is 0 Å². The summed E-state index contributed by atoms with van der Waals surface area (Å²) in [5, 5.41) is 1.13. The molecule has 2 N–H and O–H groups in total. The van der Waals surface area contributed by atoms with Crippen LogP contribution >= 0.6 is 45.8 Å². The zero-order valence-corrected chi connectivity index (χ0v) is 13.1. The summed E-state index contributed by atoms with van der Waals surface area (Å²) < 4.78 is 6.65. The van der Waals surface area contributed by atoms with Crippen LogP contribution in [0.15, 0.2) is 34.7 Å². The molecule has 2 aromatic carbocycles. The summed E-state index contributed by atoms with van der Waals surface area (Å²) in [6, 6.07) is 8.99. The second kappa shape index (κ2) is 4.85. The Balaban J connectivity index is 2.17. The number of halogens is 3. The number of nitrogens with zero attached hydrogens (tertiary/aromatic N) is 1. The third kappa shape index (κ3) is 2.40. The first-order chi connectivity index (χ1) is 9.04. The number of anilines is 1. The summed E-state index contributed by atoms with van der Waals surface area (Å²) in [4.78, 5) is 4.39. The number of rotatable bonds is 1. The van der Waals surface area contributed by atoms with Gasteiger partial charge in [0.2, 0.25) is 5.89 Å². The van der Waals surface area contributed by atoms with E-state index in [1.54, 1.807) is 12.1 Å². The molecule has 0 aliphatic carbocycles. The van der Waals surface area contributed by atoms with Crippen molar-refractivity contribution in [1.29, 1.82) is 0 Å². The smallest absolute Gasteiger partial charge is 0.227 e. The van der Waals surface area contributed by atoms with Crippen molar-refractivity contribution in [2.45, 2.75) is 0 Å². The van der Waals surface area contributed by atoms with Crippen molar-refractivity contribution < 1.29 is 4.42 Å². The summed E-state index contributed by atoms with van der Waals surface area (Å²) >= 11 is 14.2. The van der Waals surface area contributed by atoms with Gasteiger partial charge in [-0.15, -0.1) is 0 Å². The van der Waals surface area contributed by atoms with Gasteiger partial charge in [0.15, 0.2) is 5.58 Å². The first-order valence-electron chi connectivity index (χ1n) is 5.35. The van der Waals surface area contributed by atoms with Gasteiger partial charge in [-0.3, -0.25) is 0 Å². The van der Waals surface area contributed by atoms with Crippen LogP contribution in [-0.2, 0) is 0 Å². The minimum absolute atomic E-state index is 0.466. The Kier molecular flexibility index (Phi) is 3.32. The van der Waals surface area contributed by atoms with E-state index in [1.807, 2.05) is 18.2 Å². The number of benzene rings is 2. The van der Waals surface area contributed by atoms with Gasteiger partial charge in [-0.1, -0.05) is 23.2 Å². The fourth-order valence-electron chi connectivity index (χ4n) is 1.72. The van der Waals surface area contributed by atoms with Crippen LogP contribution < -0.4 is 5.73 Å². The van der Waals surface area contributed by atoms with Crippen molar-refractivity contribution in [1.82, 2.24) is 4.98 Å². The SMILES string of the molecule is Nc1cc2oc(-c3ccc(I)c(Cl)c3)nc2cc1Cl. The lowest BCUT2D eigenvalue weighted by atomic mass is 10.2. The summed E-state index contributed by atoms with van der Waals surface area (Å²) in [7, 11) is 0. The normalized spacial score (nSPS) is 11.1. The first kappa shape index (κ1) is 13.0. The van der Waals surface area contributed by atoms with Gasteiger partial charge in [0.05, 0.1) is 15.7 Å². The van der Waals surface area contributed by atoms with Crippen LogP contribution in [0, 0.1) is 3.57 Å². The van der Waals surface area contributed by atoms with Gasteiger partial charge in [0, 0.05) is 15.2 Å². The minimum atomic E-state index is 0.466. The highest BCUT2D eigenvalue weighted by Crippen LogP contribution is 2.31. The van der Waals surface area contributed by atoms with Crippen molar-refractivity contribution in [3.05, 3.63) is 43.9 Å². The molecule has 0 aliphatic rings. The molecule has 1 heterocycles. The van der Waals surface area contributed by atoms with Crippen LogP contribution in [-0.4, -0.2) is 4.98 Å². The Labute approximate surface area is 132 Å². The van der Waals surface area contributed by atoms with Crippen molar-refractivity contribution in [2.24, 2.45) is 0 Å². The maximum absolute atomic E-state index is 6.09. The van der Waals surface area contributed by atoms with E-state index in [1.165, 1.54) is 0 Å². The number of nitrogen functional groups attached to an aromatic ring is 1. The Hall–Kier alpha value is -0.980. The molecular formula is C13H7Cl2IN2O. The zero-order valence-electron chi connectivity index (χ0n) is 9.45. The van der Waals surface area contributed by atoms with Crippen LogP contribution in [0.4, 0.5) is 5.69 Å². The fraction of sp³-hybridized carbons (Fsp3) is 0. The number of oxazole rings is 1. The molecule has 1 aromatic heterocycles. The Morgan fingerprint density at radius 2 is 1.89 bits per heavy atom. The fourth-order valence-corrected chi connectivity index (χ4v) is 2.39. The van der Waals surface area contributed by atoms with Gasteiger partial charge < -0.3 is 10.2 Å². The highest BCUT2D eigenvalue weighted by molar-refractivity contribution is 14.1. The second-order valence-electron chi connectivity index (χ2n) is 3.99. The largest absolute Gasteiger partial charge is 0.436 e. The summed E-state index contributed by atoms with van der Waals surface area (Å²) in [5.41, 5.74) is 8.30. The van der Waals surface area contributed by atoms with Gasteiger partial charge in [-0.2, -0.15) is 0 Å². The lowest BCUT2D eigenvalue weighted by molar-refractivity contribution is 0.620. The average molecular weight is 405 g/mol. The maximum atomic E-state index is 6.09. The molecule has 3 rings (SSSR count). The van der Waals surface area contributed by atoms with Gasteiger partial charge in [-0.25, -0.2) is 4.98 Å². The maximum Gasteiger partial charge on any atom is 0.227 e. The Morgan fingerprint density at radius 1 is 1.11 bits per heavy atom. The topological polar surface area (TPSA) is 52.0 Å². The first-order valence-corrected chi connectivity index (χ1v) is 7.19. The van der Waals surface area contributed by atoms with Crippen LogP contribution in [0.2, 0.25) is 10.0 Å². The molecule has 0 saturated carbocycles. The summed E-state index contributed by atoms with van der Waals surface area (Å²) in [5.74, 6) is 0.495. The molecule has 0 atom stereocenters. The minimum Gasteiger partial charge on any atom is -0.436 e. The molecule has 0 amide bonds. The molecule has 0 spiro atoms. The molecule has 0 aliphatic heterocycles. The Morgan fingerprint density at radius 3 is 2.63 bits per heavy atom. The van der Waals surface area contributed by atoms with Crippen molar-refractivity contribution in [2.75, 3.05) is 5.73 Å². The Bertz CT molecular complexity index is 747. The van der Waals surface area contributed by atoms with Crippen LogP contribution in [0.3, 0.4) is 0 Å². The van der Waals surface area contributed by atoms with Crippen molar-refractivity contribution >= 4 is 62.6 Å². The molecule has 0 bridgehead atoms. The van der Waals surface area contributed by atoms with Gasteiger partial charge >= 0.3 is 0 Å². The van der Waals surface area contributed by atoms with Crippen LogP contribution in [0.1, 0.15) is 0 Å². The van der Waals surface area contributed by atoms with Crippen molar-refractivity contribution in [3.8, 4) is 11.5 Å². The zero-order chi connectivity index (χ0) is 13.6. The lowest BCUT2D eigenvalue weighted by Crippen LogP contribution is -1.84. The molecule has 0 radical (unpaired) electrons. The molecule has 19 heavy (non-hydrogen) atoms. The summed E-state index contributed by atoms with van der Waals surface area (Å²) in [6.45, 7) is 0. The number of aromatic nitrogens is 1. The van der Waals surface area contributed by atoms with E-state index in [0.29, 0.717) is 32.7 Å². The van der Waals surface area contributed by atoms with E-state index in [4.69, 9.17) is 33.4 Å². The van der Waals surface area contributed by atoms with Gasteiger partial charge in [0.25, 0.3) is 0 Å². The monoisotopic (exact) mass is 404 g/mol. The summed E-state index contributed by atoms with van der Waals surface area (Å²) in [6.07, 6.45) is 0. The van der Waals surface area contributed by atoms with Crippen LogP contribution in [0.5, 0.6) is 0 Å². The standard InChI is InChI=1S/C13H7Cl2IN2O/c14-7-3-6(1-2-9(7)16)13-18-11-4-8(15)10(17)5-12(11)19-13/h1-5H,17H2. The van der Waals surface area contributed by atoms with E-state index in [2.05, 4.69) is 27.6 Å². The number of hydrogen-bond donors (Lipinski definition) is 1. The predicted octanol–water partition coefficient (Wildman–Crippen LogP) is 4.99. The third-order valence-electron chi connectivity index (χ3n) is 2.67.